The molecule has 1 amide bonds. The van der Waals surface area contributed by atoms with Crippen molar-refractivity contribution in [1.29, 1.82) is 0 Å². The average molecular weight is 442 g/mol. The van der Waals surface area contributed by atoms with E-state index in [2.05, 4.69) is 6.07 Å². The van der Waals surface area contributed by atoms with Crippen molar-refractivity contribution in [1.82, 2.24) is 9.88 Å². The Balaban J connectivity index is 1.36. The Morgan fingerprint density at radius 3 is 2.80 bits per heavy atom. The second kappa shape index (κ2) is 7.35. The fraction of sp³-hybridized carbons (Fsp3) is 0.364. The van der Waals surface area contributed by atoms with E-state index < -0.39 is 10.0 Å². The van der Waals surface area contributed by atoms with Gasteiger partial charge >= 0.3 is 0 Å². The van der Waals surface area contributed by atoms with Gasteiger partial charge in [-0.25, -0.2) is 13.4 Å². The van der Waals surface area contributed by atoms with Gasteiger partial charge in [0.2, 0.25) is 10.0 Å². The molecule has 3 heterocycles. The van der Waals surface area contributed by atoms with Crippen LogP contribution in [0.4, 0.5) is 5.69 Å². The monoisotopic (exact) mass is 441 g/mol. The lowest BCUT2D eigenvalue weighted by atomic mass is 9.97. The molecule has 0 N–H and O–H groups in total. The fourth-order valence-corrected chi connectivity index (χ4v) is 6.51. The molecule has 8 heteroatoms. The Morgan fingerprint density at radius 1 is 1.17 bits per heavy atom. The third-order valence-electron chi connectivity index (χ3n) is 5.95. The zero-order chi connectivity index (χ0) is 20.9. The second-order valence-corrected chi connectivity index (χ2v) is 11.0. The maximum absolute atomic E-state index is 13.2. The lowest BCUT2D eigenvalue weighted by Crippen LogP contribution is -2.39. The average Bonchev–Trinajstić information content (AvgIpc) is 3.36. The minimum atomic E-state index is -3.29. The lowest BCUT2D eigenvalue weighted by molar-refractivity contribution is 0.0707. The molecule has 1 atom stereocenters. The van der Waals surface area contributed by atoms with Crippen molar-refractivity contribution in [3.8, 4) is 0 Å². The summed E-state index contributed by atoms with van der Waals surface area (Å²) in [6.07, 6.45) is 3.85. The van der Waals surface area contributed by atoms with Crippen molar-refractivity contribution in [2.75, 3.05) is 30.2 Å². The van der Waals surface area contributed by atoms with E-state index in [1.54, 1.807) is 23.5 Å². The van der Waals surface area contributed by atoms with Gasteiger partial charge in [0.15, 0.2) is 0 Å². The number of hydrogen-bond acceptors (Lipinski definition) is 5. The van der Waals surface area contributed by atoms with Crippen LogP contribution in [0.3, 0.4) is 0 Å². The van der Waals surface area contributed by atoms with Crippen LogP contribution < -0.4 is 4.31 Å². The molecule has 1 aromatic heterocycles. The zero-order valence-electron chi connectivity index (χ0n) is 16.7. The number of carbonyl (C=O) groups excluding carboxylic acids is 1. The molecule has 0 spiro atoms. The first-order chi connectivity index (χ1) is 14.4. The highest BCUT2D eigenvalue weighted by molar-refractivity contribution is 7.92. The number of para-hydroxylation sites is 1. The van der Waals surface area contributed by atoms with Crippen LogP contribution in [-0.2, 0) is 16.4 Å². The summed E-state index contributed by atoms with van der Waals surface area (Å²) in [7, 11) is -3.29. The summed E-state index contributed by atoms with van der Waals surface area (Å²) in [6.45, 7) is 1.85. The molecule has 1 fully saturated rings. The first kappa shape index (κ1) is 19.5. The number of aromatic nitrogens is 1. The molecule has 30 heavy (non-hydrogen) atoms. The number of likely N-dealkylation sites (tertiary alicyclic amines) is 1. The van der Waals surface area contributed by atoms with E-state index in [0.717, 1.165) is 35.5 Å². The van der Waals surface area contributed by atoms with Crippen molar-refractivity contribution in [3.05, 3.63) is 58.6 Å². The molecular formula is C22H23N3O3S2. The Morgan fingerprint density at radius 2 is 2.00 bits per heavy atom. The number of carbonyl (C=O) groups is 1. The molecule has 0 unspecified atom stereocenters. The van der Waals surface area contributed by atoms with E-state index >= 15 is 0 Å². The number of hydrogen-bond donors (Lipinski definition) is 0. The standard InChI is InChI=1S/C22H23N3O3S2/c1-30(27,28)25-12-10-15-13-16(8-9-19(15)25)22(26)24-11-4-5-17(14-24)21-23-18-6-2-3-7-20(18)29-21/h2-3,6-9,13,17H,4-5,10-12,14H2,1H3/t17-/m0/s1. The summed E-state index contributed by atoms with van der Waals surface area (Å²) in [4.78, 5) is 19.9. The molecule has 6 nitrogen and oxygen atoms in total. The van der Waals surface area contributed by atoms with Crippen LogP contribution in [0.1, 0.15) is 39.7 Å². The largest absolute Gasteiger partial charge is 0.338 e. The summed E-state index contributed by atoms with van der Waals surface area (Å²) in [5, 5.41) is 1.10. The fourth-order valence-electron chi connectivity index (χ4n) is 4.46. The summed E-state index contributed by atoms with van der Waals surface area (Å²) in [5.41, 5.74) is 3.27. The molecule has 2 aromatic carbocycles. The van der Waals surface area contributed by atoms with Gasteiger partial charge in [0.1, 0.15) is 0 Å². The van der Waals surface area contributed by atoms with E-state index in [1.807, 2.05) is 29.2 Å². The van der Waals surface area contributed by atoms with Gasteiger partial charge in [0.05, 0.1) is 27.2 Å². The zero-order valence-corrected chi connectivity index (χ0v) is 18.4. The number of benzene rings is 2. The Hall–Kier alpha value is -2.45. The Labute approximate surface area is 180 Å². The first-order valence-corrected chi connectivity index (χ1v) is 12.8. The molecule has 0 aliphatic carbocycles. The molecule has 0 radical (unpaired) electrons. The molecule has 0 saturated carbocycles. The number of nitrogens with zero attached hydrogens (tertiary/aromatic N) is 3. The van der Waals surface area contributed by atoms with Gasteiger partial charge in [-0.3, -0.25) is 9.10 Å². The summed E-state index contributed by atoms with van der Waals surface area (Å²) in [5.74, 6) is 0.275. The normalized spacial score (nSPS) is 19.3. The van der Waals surface area contributed by atoms with Gasteiger partial charge in [0, 0.05) is 31.1 Å². The minimum absolute atomic E-state index is 0.0152. The number of thiazole rings is 1. The quantitative estimate of drug-likeness (QED) is 0.622. The van der Waals surface area contributed by atoms with Crippen molar-refractivity contribution in [2.24, 2.45) is 0 Å². The van der Waals surface area contributed by atoms with E-state index in [0.29, 0.717) is 30.8 Å². The van der Waals surface area contributed by atoms with Crippen LogP contribution in [-0.4, -0.2) is 50.1 Å². The molecule has 2 aliphatic rings. The maximum atomic E-state index is 13.2. The number of piperidine rings is 1. The van der Waals surface area contributed by atoms with Crippen LogP contribution in [0.15, 0.2) is 42.5 Å². The smallest absolute Gasteiger partial charge is 0.253 e. The number of sulfonamides is 1. The molecule has 1 saturated heterocycles. The minimum Gasteiger partial charge on any atom is -0.338 e. The first-order valence-electron chi connectivity index (χ1n) is 10.2. The van der Waals surface area contributed by atoms with E-state index in [1.165, 1.54) is 15.3 Å². The summed E-state index contributed by atoms with van der Waals surface area (Å²) >= 11 is 1.72. The molecule has 0 bridgehead atoms. The van der Waals surface area contributed by atoms with Crippen molar-refractivity contribution >= 4 is 43.2 Å². The lowest BCUT2D eigenvalue weighted by Gasteiger charge is -2.32. The predicted molar refractivity (Wildman–Crippen MR) is 120 cm³/mol. The molecular weight excluding hydrogens is 418 g/mol. The summed E-state index contributed by atoms with van der Waals surface area (Å²) < 4.78 is 26.5. The molecule has 3 aromatic rings. The number of rotatable bonds is 3. The van der Waals surface area contributed by atoms with Gasteiger partial charge in [0.25, 0.3) is 5.91 Å². The second-order valence-electron chi connectivity index (χ2n) is 8.04. The van der Waals surface area contributed by atoms with Crippen LogP contribution in [0, 0.1) is 0 Å². The highest BCUT2D eigenvalue weighted by atomic mass is 32.2. The van der Waals surface area contributed by atoms with Gasteiger partial charge in [-0.2, -0.15) is 0 Å². The van der Waals surface area contributed by atoms with Gasteiger partial charge in [-0.15, -0.1) is 11.3 Å². The van der Waals surface area contributed by atoms with Crippen LogP contribution in [0.5, 0.6) is 0 Å². The molecule has 5 rings (SSSR count). The van der Waals surface area contributed by atoms with Crippen molar-refractivity contribution in [2.45, 2.75) is 25.2 Å². The molecule has 156 valence electrons. The van der Waals surface area contributed by atoms with E-state index in [9.17, 15) is 13.2 Å². The Bertz CT molecular complexity index is 1200. The van der Waals surface area contributed by atoms with Crippen molar-refractivity contribution < 1.29 is 13.2 Å². The van der Waals surface area contributed by atoms with Gasteiger partial charge in [-0.05, 0) is 55.2 Å². The maximum Gasteiger partial charge on any atom is 0.253 e. The Kier molecular flexibility index (Phi) is 4.78. The van der Waals surface area contributed by atoms with Gasteiger partial charge < -0.3 is 4.90 Å². The van der Waals surface area contributed by atoms with E-state index in [4.69, 9.17) is 4.98 Å². The van der Waals surface area contributed by atoms with Crippen molar-refractivity contribution in [3.63, 3.8) is 0 Å². The van der Waals surface area contributed by atoms with Crippen LogP contribution >= 0.6 is 11.3 Å². The van der Waals surface area contributed by atoms with E-state index in [-0.39, 0.29) is 11.8 Å². The molecule has 2 aliphatic heterocycles. The highest BCUT2D eigenvalue weighted by Crippen LogP contribution is 2.34. The van der Waals surface area contributed by atoms with Crippen LogP contribution in [0.25, 0.3) is 10.2 Å². The van der Waals surface area contributed by atoms with Gasteiger partial charge in [-0.1, -0.05) is 12.1 Å². The SMILES string of the molecule is CS(=O)(=O)N1CCc2cc(C(=O)N3CCC[C@H](c4nc5ccccc5s4)C3)ccc21. The highest BCUT2D eigenvalue weighted by Gasteiger charge is 2.30. The number of anilines is 1. The predicted octanol–water partition coefficient (Wildman–Crippen LogP) is 3.64. The third kappa shape index (κ3) is 3.48. The number of amides is 1. The summed E-state index contributed by atoms with van der Waals surface area (Å²) in [6, 6.07) is 13.5. The number of fused-ring (bicyclic) bond motifs is 2. The van der Waals surface area contributed by atoms with Crippen LogP contribution in [0.2, 0.25) is 0 Å². The third-order valence-corrected chi connectivity index (χ3v) is 8.33. The topological polar surface area (TPSA) is 70.6 Å².